The van der Waals surface area contributed by atoms with Crippen LogP contribution in [0.4, 0.5) is 0 Å². The molecule has 0 aliphatic heterocycles. The second-order valence-corrected chi connectivity index (χ2v) is 3.53. The van der Waals surface area contributed by atoms with Crippen LogP contribution in [0.1, 0.15) is 13.3 Å². The zero-order valence-corrected chi connectivity index (χ0v) is 9.55. The zero-order valence-electron chi connectivity index (χ0n) is 9.55. The van der Waals surface area contributed by atoms with Crippen LogP contribution in [-0.2, 0) is 9.59 Å². The third-order valence-electron chi connectivity index (χ3n) is 2.08. The average molecular weight is 237 g/mol. The molecule has 1 unspecified atom stereocenters. The monoisotopic (exact) mass is 237 g/mol. The molecule has 17 heavy (non-hydrogen) atoms. The molecule has 0 saturated heterocycles. The number of carboxylic acid groups (broad SMARTS) is 1. The molecule has 1 aromatic carbocycles. The Bertz CT molecular complexity index is 377. The minimum absolute atomic E-state index is 0.186. The van der Waals surface area contributed by atoms with Crippen LogP contribution in [0.15, 0.2) is 30.3 Å². The molecule has 5 heteroatoms. The van der Waals surface area contributed by atoms with Crippen LogP contribution in [0.3, 0.4) is 0 Å². The Balaban J connectivity index is 2.49. The van der Waals surface area contributed by atoms with Gasteiger partial charge >= 0.3 is 5.97 Å². The van der Waals surface area contributed by atoms with Gasteiger partial charge in [-0.1, -0.05) is 18.2 Å². The van der Waals surface area contributed by atoms with E-state index in [0.717, 1.165) is 0 Å². The molecule has 1 rings (SSSR count). The second-order valence-electron chi connectivity index (χ2n) is 3.53. The van der Waals surface area contributed by atoms with Gasteiger partial charge in [0.2, 0.25) is 5.91 Å². The Morgan fingerprint density at radius 2 is 2.00 bits per heavy atom. The minimum Gasteiger partial charge on any atom is -0.479 e. The molecule has 0 heterocycles. The molecular formula is C12H15NO4. The lowest BCUT2D eigenvalue weighted by Crippen LogP contribution is -2.32. The highest BCUT2D eigenvalue weighted by Gasteiger charge is 2.18. The van der Waals surface area contributed by atoms with Crippen molar-refractivity contribution < 1.29 is 19.4 Å². The Hall–Kier alpha value is -2.04. The van der Waals surface area contributed by atoms with Gasteiger partial charge in [0.25, 0.3) is 0 Å². The van der Waals surface area contributed by atoms with Gasteiger partial charge in [-0.05, 0) is 12.1 Å². The summed E-state index contributed by atoms with van der Waals surface area (Å²) in [7, 11) is 0. The molecule has 0 radical (unpaired) electrons. The lowest BCUT2D eigenvalue weighted by molar-refractivity contribution is -0.145. The lowest BCUT2D eigenvalue weighted by atomic mass is 10.2. The van der Waals surface area contributed by atoms with Gasteiger partial charge in [0, 0.05) is 19.9 Å². The molecule has 1 amide bonds. The summed E-state index contributed by atoms with van der Waals surface area (Å²) in [5, 5.41) is 11.5. The topological polar surface area (TPSA) is 75.6 Å². The maximum Gasteiger partial charge on any atom is 0.344 e. The molecule has 0 fully saturated rings. The number of hydrogen-bond acceptors (Lipinski definition) is 3. The van der Waals surface area contributed by atoms with E-state index in [1.807, 2.05) is 6.07 Å². The Morgan fingerprint density at radius 3 is 2.53 bits per heavy atom. The summed E-state index contributed by atoms with van der Waals surface area (Å²) in [6.07, 6.45) is -0.728. The number of benzene rings is 1. The van der Waals surface area contributed by atoms with Crippen molar-refractivity contribution in [1.82, 2.24) is 5.32 Å². The van der Waals surface area contributed by atoms with Crippen LogP contribution >= 0.6 is 0 Å². The van der Waals surface area contributed by atoms with Crippen LogP contribution in [0.5, 0.6) is 5.75 Å². The largest absolute Gasteiger partial charge is 0.479 e. The van der Waals surface area contributed by atoms with Crippen LogP contribution in [0.25, 0.3) is 0 Å². The van der Waals surface area contributed by atoms with E-state index in [9.17, 15) is 9.59 Å². The number of amides is 1. The third-order valence-corrected chi connectivity index (χ3v) is 2.08. The Labute approximate surface area is 99.4 Å². The molecule has 0 spiro atoms. The number of hydrogen-bond donors (Lipinski definition) is 2. The summed E-state index contributed by atoms with van der Waals surface area (Å²) in [6.45, 7) is 1.66. The summed E-state index contributed by atoms with van der Waals surface area (Å²) < 4.78 is 5.31. The van der Waals surface area contributed by atoms with Gasteiger partial charge in [-0.2, -0.15) is 0 Å². The molecule has 0 bridgehead atoms. The van der Waals surface area contributed by atoms with E-state index in [2.05, 4.69) is 5.32 Å². The van der Waals surface area contributed by atoms with Crippen molar-refractivity contribution in [1.29, 1.82) is 0 Å². The quantitative estimate of drug-likeness (QED) is 0.775. The van der Waals surface area contributed by atoms with Gasteiger partial charge in [0.1, 0.15) is 5.75 Å². The smallest absolute Gasteiger partial charge is 0.344 e. The van der Waals surface area contributed by atoms with Crippen molar-refractivity contribution >= 4 is 11.9 Å². The number of nitrogens with one attached hydrogen (secondary N) is 1. The minimum atomic E-state index is -1.04. The first-order chi connectivity index (χ1) is 8.09. The van der Waals surface area contributed by atoms with Crippen molar-refractivity contribution in [2.75, 3.05) is 6.54 Å². The SMILES string of the molecule is CC(=O)NCCC(Oc1ccccc1)C(=O)O. The zero-order chi connectivity index (χ0) is 12.7. The molecule has 0 saturated carbocycles. The highest BCUT2D eigenvalue weighted by atomic mass is 16.5. The standard InChI is InChI=1S/C12H15NO4/c1-9(14)13-8-7-11(12(15)16)17-10-5-3-2-4-6-10/h2-6,11H,7-8H2,1H3,(H,13,14)(H,15,16). The molecule has 92 valence electrons. The van der Waals surface area contributed by atoms with Crippen molar-refractivity contribution in [2.24, 2.45) is 0 Å². The number of ether oxygens (including phenoxy) is 1. The number of carboxylic acids is 1. The van der Waals surface area contributed by atoms with Crippen LogP contribution in [-0.4, -0.2) is 29.6 Å². The van der Waals surface area contributed by atoms with E-state index < -0.39 is 12.1 Å². The molecule has 0 aliphatic rings. The highest BCUT2D eigenvalue weighted by Crippen LogP contribution is 2.12. The number of rotatable bonds is 6. The fraction of sp³-hybridized carbons (Fsp3) is 0.333. The summed E-state index contributed by atoms with van der Waals surface area (Å²) in [5.41, 5.74) is 0. The maximum absolute atomic E-state index is 10.9. The number of para-hydroxylation sites is 1. The first kappa shape index (κ1) is 13.0. The van der Waals surface area contributed by atoms with Gasteiger partial charge in [-0.25, -0.2) is 4.79 Å². The maximum atomic E-state index is 10.9. The summed E-state index contributed by atoms with van der Waals surface area (Å²) >= 11 is 0. The van der Waals surface area contributed by atoms with Crippen molar-refractivity contribution in [3.8, 4) is 5.75 Å². The van der Waals surface area contributed by atoms with E-state index in [1.54, 1.807) is 24.3 Å². The van der Waals surface area contributed by atoms with Crippen LogP contribution in [0.2, 0.25) is 0 Å². The summed E-state index contributed by atoms with van der Waals surface area (Å²) in [4.78, 5) is 21.6. The number of carbonyl (C=O) groups is 2. The molecule has 5 nitrogen and oxygen atoms in total. The van der Waals surface area contributed by atoms with Gasteiger partial charge in [-0.15, -0.1) is 0 Å². The fourth-order valence-electron chi connectivity index (χ4n) is 1.28. The molecule has 2 N–H and O–H groups in total. The van der Waals surface area contributed by atoms with Crippen LogP contribution in [0, 0.1) is 0 Å². The predicted octanol–water partition coefficient (Wildman–Crippen LogP) is 1.04. The molecule has 1 aromatic rings. The van der Waals surface area contributed by atoms with E-state index in [-0.39, 0.29) is 18.9 Å². The fourth-order valence-corrected chi connectivity index (χ4v) is 1.28. The summed E-state index contributed by atoms with van der Waals surface area (Å²) in [5.74, 6) is -0.726. The normalized spacial score (nSPS) is 11.6. The average Bonchev–Trinajstić information content (AvgIpc) is 2.28. The number of aliphatic carboxylic acids is 1. The van der Waals surface area contributed by atoms with Crippen molar-refractivity contribution in [3.63, 3.8) is 0 Å². The molecule has 0 aliphatic carbocycles. The Morgan fingerprint density at radius 1 is 1.35 bits per heavy atom. The van der Waals surface area contributed by atoms with E-state index in [0.29, 0.717) is 5.75 Å². The number of carbonyl (C=O) groups excluding carboxylic acids is 1. The van der Waals surface area contributed by atoms with Crippen molar-refractivity contribution in [2.45, 2.75) is 19.4 Å². The van der Waals surface area contributed by atoms with Crippen molar-refractivity contribution in [3.05, 3.63) is 30.3 Å². The predicted molar refractivity (Wildman–Crippen MR) is 61.8 cm³/mol. The summed E-state index contributed by atoms with van der Waals surface area (Å²) in [6, 6.07) is 8.73. The third kappa shape index (κ3) is 5.01. The van der Waals surface area contributed by atoms with Gasteiger partial charge in [0.05, 0.1) is 0 Å². The van der Waals surface area contributed by atoms with E-state index >= 15 is 0 Å². The molecule has 1 atom stereocenters. The van der Waals surface area contributed by atoms with Gasteiger partial charge in [0.15, 0.2) is 6.10 Å². The van der Waals surface area contributed by atoms with Gasteiger partial charge in [-0.3, -0.25) is 4.79 Å². The molecule has 0 aromatic heterocycles. The lowest BCUT2D eigenvalue weighted by Gasteiger charge is -2.15. The highest BCUT2D eigenvalue weighted by molar-refractivity contribution is 5.74. The van der Waals surface area contributed by atoms with Crippen LogP contribution < -0.4 is 10.1 Å². The van der Waals surface area contributed by atoms with Gasteiger partial charge < -0.3 is 15.2 Å². The first-order valence-electron chi connectivity index (χ1n) is 5.28. The van der Waals surface area contributed by atoms with E-state index in [1.165, 1.54) is 6.92 Å². The van der Waals surface area contributed by atoms with E-state index in [4.69, 9.17) is 9.84 Å². The first-order valence-corrected chi connectivity index (χ1v) is 5.28. The molecular weight excluding hydrogens is 222 g/mol. The second kappa shape index (κ2) is 6.52. The Kier molecular flexibility index (Phi) is 5.00.